The summed E-state index contributed by atoms with van der Waals surface area (Å²) < 4.78 is 69.2. The van der Waals surface area contributed by atoms with Crippen LogP contribution in [0.4, 0.5) is 22.0 Å². The molecule has 112 valence electrons. The van der Waals surface area contributed by atoms with E-state index in [1.807, 2.05) is 0 Å². The second-order valence-electron chi connectivity index (χ2n) is 5.85. The second kappa shape index (κ2) is 5.19. The van der Waals surface area contributed by atoms with E-state index in [4.69, 9.17) is 0 Å². The van der Waals surface area contributed by atoms with Crippen LogP contribution in [0, 0.1) is 23.7 Å². The lowest BCUT2D eigenvalue weighted by atomic mass is 9.64. The molecule has 0 aliphatic heterocycles. The summed E-state index contributed by atoms with van der Waals surface area (Å²) in [4.78, 5) is 0. The molecule has 0 heterocycles. The van der Waals surface area contributed by atoms with E-state index < -0.39 is 24.1 Å². The number of ether oxygens (including phenoxy) is 1. The third kappa shape index (κ3) is 3.20. The van der Waals surface area contributed by atoms with Gasteiger partial charge in [0.1, 0.15) is 0 Å². The van der Waals surface area contributed by atoms with Gasteiger partial charge in [0.15, 0.2) is 0 Å². The average Bonchev–Trinajstić information content (AvgIpc) is 2.36. The van der Waals surface area contributed by atoms with Gasteiger partial charge in [0.05, 0.1) is 11.8 Å². The maximum atomic E-state index is 13.5. The van der Waals surface area contributed by atoms with Crippen LogP contribution in [-0.2, 0) is 4.74 Å². The van der Waals surface area contributed by atoms with Crippen LogP contribution in [0.25, 0.3) is 0 Å². The van der Waals surface area contributed by atoms with Crippen molar-refractivity contribution in [3.63, 3.8) is 0 Å². The molecule has 0 bridgehead atoms. The summed E-state index contributed by atoms with van der Waals surface area (Å²) >= 11 is 0. The fourth-order valence-electron chi connectivity index (χ4n) is 3.66. The molecule has 4 atom stereocenters. The molecule has 0 amide bonds. The van der Waals surface area contributed by atoms with Crippen molar-refractivity contribution < 1.29 is 26.7 Å². The van der Waals surface area contributed by atoms with E-state index >= 15 is 0 Å². The largest absolute Gasteiger partial charge is 0.391 e. The van der Waals surface area contributed by atoms with Crippen LogP contribution in [0.3, 0.4) is 0 Å². The van der Waals surface area contributed by atoms with Gasteiger partial charge in [-0.05, 0) is 50.4 Å². The van der Waals surface area contributed by atoms with Crippen LogP contribution >= 0.6 is 0 Å². The van der Waals surface area contributed by atoms with Crippen molar-refractivity contribution in [2.75, 3.05) is 7.11 Å². The number of rotatable bonds is 2. The van der Waals surface area contributed by atoms with E-state index in [1.165, 1.54) is 0 Å². The predicted octanol–water partition coefficient (Wildman–Crippen LogP) is 4.62. The molecule has 19 heavy (non-hydrogen) atoms. The van der Waals surface area contributed by atoms with Crippen molar-refractivity contribution in [3.8, 4) is 0 Å². The number of alkyl halides is 5. The second-order valence-corrected chi connectivity index (χ2v) is 5.85. The minimum absolute atomic E-state index is 0.00150. The summed E-state index contributed by atoms with van der Waals surface area (Å²) in [5.41, 5.74) is 0. The van der Waals surface area contributed by atoms with Crippen molar-refractivity contribution in [3.05, 3.63) is 0 Å². The third-order valence-electron chi connectivity index (χ3n) is 4.82. The van der Waals surface area contributed by atoms with E-state index in [1.54, 1.807) is 0 Å². The molecule has 0 aromatic carbocycles. The van der Waals surface area contributed by atoms with E-state index in [2.05, 4.69) is 4.74 Å². The fraction of sp³-hybridized carbons (Fsp3) is 1.00. The zero-order valence-electron chi connectivity index (χ0n) is 10.9. The first-order valence-corrected chi connectivity index (χ1v) is 6.73. The molecule has 1 nitrogen and oxygen atoms in total. The SMILES string of the molecule is COC(F)(F)C1CCC2CC(C(F)(F)F)CCC2C1. The van der Waals surface area contributed by atoms with Gasteiger partial charge in [-0.1, -0.05) is 0 Å². The van der Waals surface area contributed by atoms with Crippen molar-refractivity contribution in [2.24, 2.45) is 23.7 Å². The van der Waals surface area contributed by atoms with E-state index in [0.29, 0.717) is 12.8 Å². The first kappa shape index (κ1) is 15.0. The molecule has 2 rings (SSSR count). The lowest BCUT2D eigenvalue weighted by Gasteiger charge is -2.43. The summed E-state index contributed by atoms with van der Waals surface area (Å²) in [6.45, 7) is 0. The molecule has 2 saturated carbocycles. The first-order valence-electron chi connectivity index (χ1n) is 6.73. The van der Waals surface area contributed by atoms with Crippen LogP contribution in [0.2, 0.25) is 0 Å². The van der Waals surface area contributed by atoms with Crippen LogP contribution in [0.15, 0.2) is 0 Å². The minimum Gasteiger partial charge on any atom is -0.324 e. The van der Waals surface area contributed by atoms with Gasteiger partial charge < -0.3 is 4.74 Å². The number of methoxy groups -OCH3 is 1. The van der Waals surface area contributed by atoms with Gasteiger partial charge in [0.2, 0.25) is 0 Å². The Morgan fingerprint density at radius 2 is 1.26 bits per heavy atom. The van der Waals surface area contributed by atoms with Crippen LogP contribution in [0.5, 0.6) is 0 Å². The van der Waals surface area contributed by atoms with Gasteiger partial charge in [0.25, 0.3) is 0 Å². The van der Waals surface area contributed by atoms with Crippen molar-refractivity contribution >= 4 is 0 Å². The highest BCUT2D eigenvalue weighted by molar-refractivity contribution is 4.89. The summed E-state index contributed by atoms with van der Waals surface area (Å²) in [6, 6.07) is 0. The topological polar surface area (TPSA) is 9.23 Å². The summed E-state index contributed by atoms with van der Waals surface area (Å²) in [5, 5.41) is 0. The Bertz CT molecular complexity index is 315. The number of halogens is 5. The Balaban J connectivity index is 1.96. The van der Waals surface area contributed by atoms with Crippen molar-refractivity contribution in [2.45, 2.75) is 50.8 Å². The Kier molecular flexibility index (Phi) is 4.10. The molecule has 2 fully saturated rings. The Labute approximate surface area is 109 Å². The Morgan fingerprint density at radius 1 is 0.789 bits per heavy atom. The molecule has 2 aliphatic rings. The number of hydrogen-bond donors (Lipinski definition) is 0. The standard InChI is InChI=1S/C13H19F5O/c1-19-13(17,18)11-5-3-8-6-10(12(14,15)16)4-2-9(8)7-11/h8-11H,2-7H2,1H3. The van der Waals surface area contributed by atoms with Crippen molar-refractivity contribution in [1.82, 2.24) is 0 Å². The van der Waals surface area contributed by atoms with Gasteiger partial charge in [-0.3, -0.25) is 0 Å². The monoisotopic (exact) mass is 286 g/mol. The molecule has 0 spiro atoms. The first-order chi connectivity index (χ1) is 8.74. The summed E-state index contributed by atoms with van der Waals surface area (Å²) in [7, 11) is 0.979. The van der Waals surface area contributed by atoms with Gasteiger partial charge in [-0.15, -0.1) is 0 Å². The predicted molar refractivity (Wildman–Crippen MR) is 59.7 cm³/mol. The molecule has 0 N–H and O–H groups in total. The molecule has 6 heteroatoms. The molecule has 2 aliphatic carbocycles. The quantitative estimate of drug-likeness (QED) is 0.673. The lowest BCUT2D eigenvalue weighted by Crippen LogP contribution is -2.41. The summed E-state index contributed by atoms with van der Waals surface area (Å²) in [5.74, 6) is -2.14. The highest BCUT2D eigenvalue weighted by atomic mass is 19.4. The maximum absolute atomic E-state index is 13.5. The fourth-order valence-corrected chi connectivity index (χ4v) is 3.66. The van der Waals surface area contributed by atoms with E-state index in [0.717, 1.165) is 7.11 Å². The van der Waals surface area contributed by atoms with Gasteiger partial charge in [-0.25, -0.2) is 0 Å². The highest BCUT2D eigenvalue weighted by Gasteiger charge is 2.49. The van der Waals surface area contributed by atoms with Crippen molar-refractivity contribution in [1.29, 1.82) is 0 Å². The normalized spacial score (nSPS) is 36.9. The molecule has 4 unspecified atom stereocenters. The van der Waals surface area contributed by atoms with Gasteiger partial charge in [0, 0.05) is 7.11 Å². The maximum Gasteiger partial charge on any atom is 0.391 e. The Hall–Kier alpha value is -0.390. The average molecular weight is 286 g/mol. The molecule has 0 radical (unpaired) electrons. The zero-order chi connectivity index (χ0) is 14.3. The number of hydrogen-bond acceptors (Lipinski definition) is 1. The Morgan fingerprint density at radius 3 is 1.74 bits per heavy atom. The van der Waals surface area contributed by atoms with Gasteiger partial charge in [-0.2, -0.15) is 22.0 Å². The summed E-state index contributed by atoms with van der Waals surface area (Å²) in [6.07, 6.45) is -5.69. The highest BCUT2D eigenvalue weighted by Crippen LogP contribution is 2.51. The zero-order valence-corrected chi connectivity index (χ0v) is 10.9. The molecular weight excluding hydrogens is 267 g/mol. The van der Waals surface area contributed by atoms with E-state index in [-0.39, 0.29) is 37.5 Å². The van der Waals surface area contributed by atoms with Crippen LogP contribution < -0.4 is 0 Å². The number of fused-ring (bicyclic) bond motifs is 1. The molecule has 0 aromatic heterocycles. The van der Waals surface area contributed by atoms with E-state index in [9.17, 15) is 22.0 Å². The molecular formula is C13H19F5O. The smallest absolute Gasteiger partial charge is 0.324 e. The van der Waals surface area contributed by atoms with Crippen LogP contribution in [-0.4, -0.2) is 19.4 Å². The third-order valence-corrected chi connectivity index (χ3v) is 4.82. The van der Waals surface area contributed by atoms with Gasteiger partial charge >= 0.3 is 12.3 Å². The lowest BCUT2D eigenvalue weighted by molar-refractivity contribution is -0.268. The molecule has 0 saturated heterocycles. The van der Waals surface area contributed by atoms with Crippen LogP contribution in [0.1, 0.15) is 38.5 Å². The molecule has 0 aromatic rings. The minimum atomic E-state index is -4.14.